The van der Waals surface area contributed by atoms with Crippen LogP contribution in [-0.4, -0.2) is 49.7 Å². The Morgan fingerprint density at radius 1 is 1.07 bits per heavy atom. The second kappa shape index (κ2) is 8.49. The molecule has 154 valence electrons. The molecule has 0 saturated carbocycles. The monoisotopic (exact) mass is 404 g/mol. The molecule has 0 atom stereocenters. The fourth-order valence-corrected chi connectivity index (χ4v) is 4.06. The zero-order valence-corrected chi connectivity index (χ0v) is 16.9. The molecule has 1 fully saturated rings. The molecule has 3 aromatic rings. The third-order valence-corrected chi connectivity index (χ3v) is 5.78. The van der Waals surface area contributed by atoms with Gasteiger partial charge in [0.2, 0.25) is 0 Å². The van der Waals surface area contributed by atoms with Crippen molar-refractivity contribution in [3.05, 3.63) is 82.9 Å². The summed E-state index contributed by atoms with van der Waals surface area (Å²) in [7, 11) is 0. The van der Waals surface area contributed by atoms with Crippen molar-refractivity contribution in [3.8, 4) is 0 Å². The smallest absolute Gasteiger partial charge is 0.336 e. The largest absolute Gasteiger partial charge is 0.478 e. The lowest BCUT2D eigenvalue weighted by atomic mass is 10.0. The molecule has 1 saturated heterocycles. The standard InChI is InChI=1S/C23H24N4O3/c1-16-18(13-19-14-24-10-7-21(19)23(29)30)15-25-27(16)20-8-11-26(12-9-20)22(28)17-5-3-2-4-6-17/h2-7,10,14-15,20H,8-9,11-13H2,1H3,(H,29,30). The van der Waals surface area contributed by atoms with Crippen molar-refractivity contribution in [3.63, 3.8) is 0 Å². The molecule has 30 heavy (non-hydrogen) atoms. The fraction of sp³-hybridized carbons (Fsp3) is 0.304. The second-order valence-electron chi connectivity index (χ2n) is 7.60. The van der Waals surface area contributed by atoms with Gasteiger partial charge >= 0.3 is 5.97 Å². The minimum atomic E-state index is -0.951. The van der Waals surface area contributed by atoms with Crippen LogP contribution in [0.2, 0.25) is 0 Å². The number of piperidine rings is 1. The van der Waals surface area contributed by atoms with Crippen molar-refractivity contribution in [1.82, 2.24) is 19.7 Å². The van der Waals surface area contributed by atoms with Crippen molar-refractivity contribution < 1.29 is 14.7 Å². The summed E-state index contributed by atoms with van der Waals surface area (Å²) >= 11 is 0. The number of pyridine rings is 1. The molecule has 0 radical (unpaired) electrons. The van der Waals surface area contributed by atoms with Gasteiger partial charge in [-0.2, -0.15) is 5.10 Å². The molecule has 1 amide bonds. The molecular formula is C23H24N4O3. The Morgan fingerprint density at radius 3 is 2.50 bits per heavy atom. The molecule has 0 spiro atoms. The number of carboxylic acid groups (broad SMARTS) is 1. The molecule has 7 nitrogen and oxygen atoms in total. The van der Waals surface area contributed by atoms with Gasteiger partial charge in [-0.1, -0.05) is 18.2 Å². The molecule has 3 heterocycles. The maximum atomic E-state index is 12.7. The van der Waals surface area contributed by atoms with E-state index >= 15 is 0 Å². The Bertz CT molecular complexity index is 1050. The minimum Gasteiger partial charge on any atom is -0.478 e. The van der Waals surface area contributed by atoms with E-state index in [1.807, 2.05) is 53.0 Å². The number of rotatable bonds is 5. The zero-order chi connectivity index (χ0) is 21.1. The summed E-state index contributed by atoms with van der Waals surface area (Å²) in [5, 5.41) is 14.0. The highest BCUT2D eigenvalue weighted by Crippen LogP contribution is 2.26. The van der Waals surface area contributed by atoms with Crippen LogP contribution >= 0.6 is 0 Å². The topological polar surface area (TPSA) is 88.3 Å². The summed E-state index contributed by atoms with van der Waals surface area (Å²) in [6.45, 7) is 3.40. The Morgan fingerprint density at radius 2 is 1.80 bits per heavy atom. The van der Waals surface area contributed by atoms with E-state index < -0.39 is 5.97 Å². The quantitative estimate of drug-likeness (QED) is 0.704. The third-order valence-electron chi connectivity index (χ3n) is 5.78. The Labute approximate surface area is 175 Å². The highest BCUT2D eigenvalue weighted by molar-refractivity contribution is 5.94. The number of hydrogen-bond donors (Lipinski definition) is 1. The second-order valence-corrected chi connectivity index (χ2v) is 7.60. The van der Waals surface area contributed by atoms with E-state index in [4.69, 9.17) is 0 Å². The van der Waals surface area contributed by atoms with Gasteiger partial charge in [-0.15, -0.1) is 0 Å². The third kappa shape index (κ3) is 3.96. The number of hydrogen-bond acceptors (Lipinski definition) is 4. The molecule has 1 aliphatic heterocycles. The van der Waals surface area contributed by atoms with Crippen LogP contribution in [0.4, 0.5) is 0 Å². The lowest BCUT2D eigenvalue weighted by Crippen LogP contribution is -2.39. The summed E-state index contributed by atoms with van der Waals surface area (Å²) in [6.07, 6.45) is 7.07. The Hall–Kier alpha value is -3.48. The van der Waals surface area contributed by atoms with Gasteiger partial charge in [0.1, 0.15) is 0 Å². The van der Waals surface area contributed by atoms with Gasteiger partial charge in [0.05, 0.1) is 17.8 Å². The maximum absolute atomic E-state index is 12.7. The van der Waals surface area contributed by atoms with Crippen LogP contribution in [-0.2, 0) is 6.42 Å². The first-order valence-electron chi connectivity index (χ1n) is 10.1. The number of carboxylic acids is 1. The predicted molar refractivity (Wildman–Crippen MR) is 112 cm³/mol. The van der Waals surface area contributed by atoms with Crippen molar-refractivity contribution in [2.75, 3.05) is 13.1 Å². The Kier molecular flexibility index (Phi) is 5.61. The van der Waals surface area contributed by atoms with E-state index in [-0.39, 0.29) is 17.5 Å². The van der Waals surface area contributed by atoms with Gasteiger partial charge < -0.3 is 10.0 Å². The molecule has 2 aromatic heterocycles. The number of amides is 1. The summed E-state index contributed by atoms with van der Waals surface area (Å²) < 4.78 is 2.02. The number of aromatic nitrogens is 3. The van der Waals surface area contributed by atoms with Crippen LogP contribution in [0.25, 0.3) is 0 Å². The van der Waals surface area contributed by atoms with Gasteiger partial charge in [-0.3, -0.25) is 14.5 Å². The van der Waals surface area contributed by atoms with Gasteiger partial charge in [-0.25, -0.2) is 4.79 Å². The summed E-state index contributed by atoms with van der Waals surface area (Å²) in [4.78, 5) is 30.1. The number of nitrogens with zero attached hydrogens (tertiary/aromatic N) is 4. The van der Waals surface area contributed by atoms with Crippen LogP contribution in [0.3, 0.4) is 0 Å². The van der Waals surface area contributed by atoms with E-state index in [0.717, 1.165) is 29.7 Å². The zero-order valence-electron chi connectivity index (χ0n) is 16.9. The molecule has 1 N–H and O–H groups in total. The van der Waals surface area contributed by atoms with Crippen molar-refractivity contribution in [1.29, 1.82) is 0 Å². The maximum Gasteiger partial charge on any atom is 0.336 e. The number of aromatic carboxylic acids is 1. The van der Waals surface area contributed by atoms with E-state index in [1.165, 1.54) is 12.3 Å². The highest BCUT2D eigenvalue weighted by atomic mass is 16.4. The first kappa shape index (κ1) is 19.8. The van der Waals surface area contributed by atoms with Crippen molar-refractivity contribution in [2.24, 2.45) is 0 Å². The van der Waals surface area contributed by atoms with Gasteiger partial charge in [-0.05, 0) is 49.1 Å². The van der Waals surface area contributed by atoms with Crippen LogP contribution in [0.1, 0.15) is 56.4 Å². The van der Waals surface area contributed by atoms with Crippen LogP contribution in [0.5, 0.6) is 0 Å². The fourth-order valence-electron chi connectivity index (χ4n) is 4.06. The summed E-state index contributed by atoms with van der Waals surface area (Å²) in [5.74, 6) is -0.877. The van der Waals surface area contributed by atoms with E-state index in [9.17, 15) is 14.7 Å². The van der Waals surface area contributed by atoms with E-state index in [0.29, 0.717) is 25.1 Å². The van der Waals surface area contributed by atoms with Gasteiger partial charge in [0, 0.05) is 43.2 Å². The average molecular weight is 404 g/mol. The van der Waals surface area contributed by atoms with Crippen molar-refractivity contribution in [2.45, 2.75) is 32.2 Å². The van der Waals surface area contributed by atoms with Crippen LogP contribution < -0.4 is 0 Å². The minimum absolute atomic E-state index is 0.0738. The summed E-state index contributed by atoms with van der Waals surface area (Å²) in [5.41, 5.74) is 3.69. The van der Waals surface area contributed by atoms with Crippen LogP contribution in [0, 0.1) is 6.92 Å². The molecule has 1 aromatic carbocycles. The number of likely N-dealkylation sites (tertiary alicyclic amines) is 1. The predicted octanol–water partition coefficient (Wildman–Crippen LogP) is 3.35. The van der Waals surface area contributed by atoms with E-state index in [2.05, 4.69) is 10.1 Å². The normalized spacial score (nSPS) is 14.6. The first-order valence-corrected chi connectivity index (χ1v) is 10.1. The number of carbonyl (C=O) groups is 2. The van der Waals surface area contributed by atoms with Crippen LogP contribution in [0.15, 0.2) is 55.0 Å². The number of benzene rings is 1. The van der Waals surface area contributed by atoms with Gasteiger partial charge in [0.25, 0.3) is 5.91 Å². The SMILES string of the molecule is Cc1c(Cc2cnccc2C(=O)O)cnn1C1CCN(C(=O)c2ccccc2)CC1. The lowest BCUT2D eigenvalue weighted by Gasteiger charge is -2.32. The highest BCUT2D eigenvalue weighted by Gasteiger charge is 2.26. The van der Waals surface area contributed by atoms with Crippen molar-refractivity contribution >= 4 is 11.9 Å². The molecular weight excluding hydrogens is 380 g/mol. The molecule has 1 aliphatic rings. The molecule has 7 heteroatoms. The van der Waals surface area contributed by atoms with Gasteiger partial charge in [0.15, 0.2) is 0 Å². The average Bonchev–Trinajstić information content (AvgIpc) is 3.14. The molecule has 0 aliphatic carbocycles. The molecule has 0 bridgehead atoms. The Balaban J connectivity index is 1.44. The number of carbonyl (C=O) groups excluding carboxylic acids is 1. The molecule has 4 rings (SSSR count). The lowest BCUT2D eigenvalue weighted by molar-refractivity contribution is 0.0682. The first-order chi connectivity index (χ1) is 14.5. The van der Waals surface area contributed by atoms with E-state index in [1.54, 1.807) is 6.20 Å². The summed E-state index contributed by atoms with van der Waals surface area (Å²) in [6, 6.07) is 11.1. The molecule has 0 unspecified atom stereocenters.